The van der Waals surface area contributed by atoms with Crippen LogP contribution in [0, 0.1) is 12.8 Å². The maximum Gasteiger partial charge on any atom is 0.259 e. The number of carbonyl (C=O) groups is 3. The van der Waals surface area contributed by atoms with Crippen molar-refractivity contribution < 1.29 is 32.3 Å². The summed E-state index contributed by atoms with van der Waals surface area (Å²) < 4.78 is 40.2. The second-order valence-corrected chi connectivity index (χ2v) is 18.1. The molecule has 3 aromatic rings. The number of amides is 3. The van der Waals surface area contributed by atoms with Crippen molar-refractivity contribution in [3.05, 3.63) is 47.0 Å². The summed E-state index contributed by atoms with van der Waals surface area (Å²) in [6.45, 7) is 2.04. The third kappa shape index (κ3) is 7.15. The highest BCUT2D eigenvalue weighted by atomic mass is 32.2. The molecule has 0 bridgehead atoms. The molecule has 282 valence electrons. The molecule has 5 aliphatic rings. The van der Waals surface area contributed by atoms with Crippen molar-refractivity contribution in [2.75, 3.05) is 13.7 Å². The van der Waals surface area contributed by atoms with E-state index in [4.69, 9.17) is 25.2 Å². The van der Waals surface area contributed by atoms with Gasteiger partial charge in [0.15, 0.2) is 0 Å². The molecule has 2 aromatic heterocycles. The van der Waals surface area contributed by atoms with Gasteiger partial charge in [-0.05, 0) is 70.4 Å². The van der Waals surface area contributed by atoms with Gasteiger partial charge in [0, 0.05) is 40.7 Å². The molecule has 3 saturated carbocycles. The largest absolute Gasteiger partial charge is 0.496 e. The number of nitrogens with one attached hydrogen (secondary N) is 2. The number of aryl methyl sites for hydroxylation is 1. The smallest absolute Gasteiger partial charge is 0.259 e. The predicted molar refractivity (Wildman–Crippen MR) is 200 cm³/mol. The maximum absolute atomic E-state index is 14.3. The van der Waals surface area contributed by atoms with E-state index < -0.39 is 50.8 Å². The molecule has 8 rings (SSSR count). The van der Waals surface area contributed by atoms with E-state index in [-0.39, 0.29) is 31.2 Å². The van der Waals surface area contributed by atoms with Crippen LogP contribution in [0.25, 0.3) is 21.6 Å². The number of benzene rings is 1. The highest BCUT2D eigenvalue weighted by Gasteiger charge is 2.62. The number of ether oxygens (including phenoxy) is 2. The van der Waals surface area contributed by atoms with Crippen LogP contribution in [0.3, 0.4) is 0 Å². The number of hydrogen-bond acceptors (Lipinski definition) is 11. The second kappa shape index (κ2) is 14.0. The first-order chi connectivity index (χ1) is 25.5. The number of pyridine rings is 1. The van der Waals surface area contributed by atoms with Gasteiger partial charge in [0.05, 0.1) is 36.2 Å². The minimum Gasteiger partial charge on any atom is -0.496 e. The minimum absolute atomic E-state index is 0.0978. The van der Waals surface area contributed by atoms with Crippen molar-refractivity contribution in [3.8, 4) is 22.2 Å². The molecule has 3 amide bonds. The zero-order valence-corrected chi connectivity index (χ0v) is 31.6. The molecule has 2 unspecified atom stereocenters. The minimum atomic E-state index is -3.85. The van der Waals surface area contributed by atoms with Gasteiger partial charge in [-0.25, -0.2) is 18.4 Å². The summed E-state index contributed by atoms with van der Waals surface area (Å²) in [6.07, 6.45) is 10.7. The Balaban J connectivity index is 1.11. The van der Waals surface area contributed by atoms with Gasteiger partial charge in [0.25, 0.3) is 5.91 Å². The molecule has 1 aromatic carbocycles. The Morgan fingerprint density at radius 1 is 1.09 bits per heavy atom. The van der Waals surface area contributed by atoms with E-state index in [1.54, 1.807) is 7.11 Å². The summed E-state index contributed by atoms with van der Waals surface area (Å²) in [5.41, 5.74) is 8.30. The van der Waals surface area contributed by atoms with Crippen LogP contribution < -0.4 is 25.2 Å². The highest BCUT2D eigenvalue weighted by molar-refractivity contribution is 7.91. The lowest BCUT2D eigenvalue weighted by Gasteiger charge is -2.28. The molecule has 4 N–H and O–H groups in total. The molecule has 5 atom stereocenters. The van der Waals surface area contributed by atoms with Gasteiger partial charge in [0.2, 0.25) is 21.8 Å². The van der Waals surface area contributed by atoms with E-state index >= 15 is 0 Å². The Morgan fingerprint density at radius 2 is 1.91 bits per heavy atom. The number of thiazole rings is 1. The second-order valence-electron chi connectivity index (χ2n) is 15.2. The summed E-state index contributed by atoms with van der Waals surface area (Å²) in [5, 5.41) is 5.94. The standard InChI is InChI=1S/C38H46N6O7S2/c1-21-31(50-2)15-14-26-32(17-28(40-33(21)26)35-41-29(20-52-35)22-10-11-22)51-24-16-30-34(45)42-38(37(47)43-53(48,49)25-12-13-25)18-23(38)8-6-4-3-5-7-9-27(39)36(46)44(30)19-24/h6,8,14-15,17,20,22-25,27,30H,3-5,7,9-13,16,18-19,39H2,1-2H3,(H,42,45)(H,43,47)/b8-6-/t23?,24-,27?,30+,38-/m1/s1. The molecule has 3 aliphatic carbocycles. The average Bonchev–Trinajstić information content (AvgIpc) is 4.09. The van der Waals surface area contributed by atoms with Crippen LogP contribution in [0.4, 0.5) is 0 Å². The molecule has 0 spiro atoms. The van der Waals surface area contributed by atoms with Crippen molar-refractivity contribution >= 4 is 50.0 Å². The van der Waals surface area contributed by atoms with Crippen molar-refractivity contribution in [2.24, 2.45) is 11.7 Å². The average molecular weight is 763 g/mol. The molecule has 0 radical (unpaired) electrons. The molecule has 4 heterocycles. The number of nitrogens with zero attached hydrogens (tertiary/aromatic N) is 3. The van der Waals surface area contributed by atoms with E-state index in [2.05, 4.69) is 15.4 Å². The maximum atomic E-state index is 14.3. The lowest BCUT2D eigenvalue weighted by Crippen LogP contribution is -2.57. The van der Waals surface area contributed by atoms with Gasteiger partial charge < -0.3 is 25.4 Å². The van der Waals surface area contributed by atoms with Gasteiger partial charge in [-0.15, -0.1) is 11.3 Å². The zero-order valence-electron chi connectivity index (χ0n) is 30.0. The number of hydrogen-bond donors (Lipinski definition) is 3. The summed E-state index contributed by atoms with van der Waals surface area (Å²) in [7, 11) is -2.23. The third-order valence-electron chi connectivity index (χ3n) is 11.3. The van der Waals surface area contributed by atoms with Gasteiger partial charge >= 0.3 is 0 Å². The van der Waals surface area contributed by atoms with Crippen LogP contribution in [-0.4, -0.2) is 83.6 Å². The summed E-state index contributed by atoms with van der Waals surface area (Å²) in [6, 6.07) is 3.82. The molecular weight excluding hydrogens is 717 g/mol. The first kappa shape index (κ1) is 35.9. The fraction of sp³-hybridized carbons (Fsp3) is 0.553. The van der Waals surface area contributed by atoms with Crippen LogP contribution in [0.15, 0.2) is 35.7 Å². The van der Waals surface area contributed by atoms with Crippen molar-refractivity contribution in [1.29, 1.82) is 0 Å². The number of sulfonamides is 1. The number of aromatic nitrogens is 2. The first-order valence-corrected chi connectivity index (χ1v) is 21.1. The van der Waals surface area contributed by atoms with Gasteiger partial charge in [-0.2, -0.15) is 0 Å². The summed E-state index contributed by atoms with van der Waals surface area (Å²) in [4.78, 5) is 53.3. The van der Waals surface area contributed by atoms with Crippen LogP contribution >= 0.6 is 11.3 Å². The molecule has 53 heavy (non-hydrogen) atoms. The van der Waals surface area contributed by atoms with Gasteiger partial charge in [-0.3, -0.25) is 19.1 Å². The van der Waals surface area contributed by atoms with Gasteiger partial charge in [0.1, 0.15) is 39.9 Å². The number of allylic oxidation sites excluding steroid dienone is 1. The topological polar surface area (TPSA) is 183 Å². The molecular formula is C38H46N6O7S2. The number of rotatable bonds is 8. The summed E-state index contributed by atoms with van der Waals surface area (Å²) >= 11 is 1.54. The Labute approximate surface area is 313 Å². The van der Waals surface area contributed by atoms with Gasteiger partial charge in [-0.1, -0.05) is 25.0 Å². The van der Waals surface area contributed by atoms with E-state index in [0.717, 1.165) is 60.2 Å². The van der Waals surface area contributed by atoms with Crippen LogP contribution in [0.2, 0.25) is 0 Å². The van der Waals surface area contributed by atoms with Crippen LogP contribution in [-0.2, 0) is 24.4 Å². The molecule has 15 heteroatoms. The van der Waals surface area contributed by atoms with Crippen molar-refractivity contribution in [3.63, 3.8) is 0 Å². The predicted octanol–water partition coefficient (Wildman–Crippen LogP) is 4.23. The fourth-order valence-corrected chi connectivity index (χ4v) is 9.92. The number of fused-ring (bicyclic) bond motifs is 3. The Kier molecular flexibility index (Phi) is 9.46. The number of carbonyl (C=O) groups excluding carboxylic acids is 3. The van der Waals surface area contributed by atoms with E-state index in [0.29, 0.717) is 47.9 Å². The Morgan fingerprint density at radius 3 is 2.66 bits per heavy atom. The highest BCUT2D eigenvalue weighted by Crippen LogP contribution is 2.46. The third-order valence-corrected chi connectivity index (χ3v) is 14.0. The molecule has 4 fully saturated rings. The monoisotopic (exact) mass is 762 g/mol. The quantitative estimate of drug-likeness (QED) is 0.281. The van der Waals surface area contributed by atoms with Crippen molar-refractivity contribution in [2.45, 2.75) is 112 Å². The molecule has 13 nitrogen and oxygen atoms in total. The number of nitrogens with two attached hydrogens (primary N) is 1. The summed E-state index contributed by atoms with van der Waals surface area (Å²) in [5.74, 6) is -0.306. The SMILES string of the molecule is COc1ccc2c(O[C@@H]3C[C@H]4C(=O)N[C@]5(C(=O)NS(=O)(=O)C6CC6)CC5/C=C\CCCCCC(N)C(=O)N4C3)cc(-c3nc(C4CC4)cs3)nc2c1C. The molecule has 2 aliphatic heterocycles. The normalized spacial score (nSPS) is 28.6. The number of methoxy groups -OCH3 is 1. The van der Waals surface area contributed by atoms with E-state index in [9.17, 15) is 22.8 Å². The van der Waals surface area contributed by atoms with Crippen LogP contribution in [0.5, 0.6) is 11.5 Å². The van der Waals surface area contributed by atoms with Crippen molar-refractivity contribution in [1.82, 2.24) is 24.9 Å². The zero-order chi connectivity index (χ0) is 37.1. The Bertz CT molecular complexity index is 2090. The van der Waals surface area contributed by atoms with E-state index in [1.165, 1.54) is 16.2 Å². The van der Waals surface area contributed by atoms with Crippen LogP contribution in [0.1, 0.15) is 87.8 Å². The molecule has 1 saturated heterocycles. The lowest BCUT2D eigenvalue weighted by molar-refractivity contribution is -0.140. The fourth-order valence-electron chi connectivity index (χ4n) is 7.70. The Hall–Kier alpha value is -4.08. The first-order valence-electron chi connectivity index (χ1n) is 18.7. The lowest BCUT2D eigenvalue weighted by atomic mass is 10.1. The van der Waals surface area contributed by atoms with E-state index in [1.807, 2.05) is 37.3 Å².